The average Bonchev–Trinajstić information content (AvgIpc) is 2.84. The molecule has 0 bridgehead atoms. The third kappa shape index (κ3) is 6.57. The van der Waals surface area contributed by atoms with Crippen LogP contribution in [0, 0.1) is 0 Å². The van der Waals surface area contributed by atoms with E-state index in [2.05, 4.69) is 37.4 Å². The highest BCUT2D eigenvalue weighted by Crippen LogP contribution is 2.28. The molecular formula is C24H27ClN6O2. The van der Waals surface area contributed by atoms with Crippen LogP contribution in [0.2, 0.25) is 5.02 Å². The number of hydrogen-bond donors (Lipinski definition) is 2. The van der Waals surface area contributed by atoms with E-state index >= 15 is 0 Å². The van der Waals surface area contributed by atoms with Crippen LogP contribution in [0.1, 0.15) is 11.3 Å². The molecule has 2 N–H and O–H groups in total. The summed E-state index contributed by atoms with van der Waals surface area (Å²) < 4.78 is 5.71. The van der Waals surface area contributed by atoms with Gasteiger partial charge in [-0.3, -0.25) is 4.98 Å². The second-order valence-electron chi connectivity index (χ2n) is 7.88. The molecule has 8 nitrogen and oxygen atoms in total. The number of nitrogens with zero attached hydrogens (tertiary/aromatic N) is 4. The van der Waals surface area contributed by atoms with Gasteiger partial charge in [-0.2, -0.15) is 0 Å². The third-order valence-electron chi connectivity index (χ3n) is 5.38. The Labute approximate surface area is 198 Å². The number of piperazine rings is 1. The van der Waals surface area contributed by atoms with Crippen LogP contribution in [-0.2, 0) is 13.2 Å². The average molecular weight is 467 g/mol. The highest BCUT2D eigenvalue weighted by molar-refractivity contribution is 6.32. The standard InChI is InChI=1S/C24H27ClN6O2/c1-30-10-12-31(13-11-30)23-8-5-18(15-27-23)16-28-24(32)29-19-6-7-22(21(25)14-19)33-17-20-4-2-3-9-26-20/h2-9,14-15H,10-13,16-17H2,1H3,(H2,28,29,32). The van der Waals surface area contributed by atoms with Crippen LogP contribution in [0.5, 0.6) is 5.75 Å². The first-order valence-corrected chi connectivity index (χ1v) is 11.2. The number of pyridine rings is 2. The molecule has 9 heteroatoms. The van der Waals surface area contributed by atoms with Crippen LogP contribution in [-0.4, -0.2) is 54.1 Å². The van der Waals surface area contributed by atoms with E-state index in [0.717, 1.165) is 43.3 Å². The lowest BCUT2D eigenvalue weighted by molar-refractivity contribution is 0.251. The Balaban J connectivity index is 1.24. The van der Waals surface area contributed by atoms with Gasteiger partial charge in [0.2, 0.25) is 0 Å². The molecule has 1 aliphatic heterocycles. The molecular weight excluding hydrogens is 440 g/mol. The number of rotatable bonds is 7. The quantitative estimate of drug-likeness (QED) is 0.551. The summed E-state index contributed by atoms with van der Waals surface area (Å²) in [6.07, 6.45) is 3.52. The lowest BCUT2D eigenvalue weighted by Crippen LogP contribution is -2.44. The summed E-state index contributed by atoms with van der Waals surface area (Å²) in [7, 11) is 2.13. The number of benzene rings is 1. The molecule has 0 radical (unpaired) electrons. The smallest absolute Gasteiger partial charge is 0.319 e. The number of likely N-dealkylation sites (N-methyl/N-ethyl adjacent to an activating group) is 1. The molecule has 0 unspecified atom stereocenters. The fourth-order valence-corrected chi connectivity index (χ4v) is 3.67. The van der Waals surface area contributed by atoms with Crippen LogP contribution < -0.4 is 20.3 Å². The minimum Gasteiger partial charge on any atom is -0.486 e. The molecule has 3 aromatic rings. The van der Waals surface area contributed by atoms with Crippen LogP contribution in [0.3, 0.4) is 0 Å². The minimum absolute atomic E-state index is 0.315. The summed E-state index contributed by atoms with van der Waals surface area (Å²) in [6, 6.07) is 14.4. The number of ether oxygens (including phenoxy) is 1. The maximum absolute atomic E-state index is 12.3. The Morgan fingerprint density at radius 1 is 1.09 bits per heavy atom. The first-order valence-electron chi connectivity index (χ1n) is 10.8. The molecule has 1 aromatic carbocycles. The monoisotopic (exact) mass is 466 g/mol. The largest absolute Gasteiger partial charge is 0.486 e. The highest BCUT2D eigenvalue weighted by Gasteiger charge is 2.15. The first kappa shape index (κ1) is 22.8. The zero-order chi connectivity index (χ0) is 23.0. The molecule has 1 fully saturated rings. The maximum atomic E-state index is 12.3. The fraction of sp³-hybridized carbons (Fsp3) is 0.292. The molecule has 4 rings (SSSR count). The van der Waals surface area contributed by atoms with E-state index in [1.807, 2.05) is 30.3 Å². The van der Waals surface area contributed by atoms with E-state index in [4.69, 9.17) is 16.3 Å². The predicted molar refractivity (Wildman–Crippen MR) is 130 cm³/mol. The van der Waals surface area contributed by atoms with E-state index in [9.17, 15) is 4.79 Å². The molecule has 2 aromatic heterocycles. The van der Waals surface area contributed by atoms with Crippen molar-refractivity contribution >= 4 is 29.1 Å². The van der Waals surface area contributed by atoms with Crippen molar-refractivity contribution in [3.8, 4) is 5.75 Å². The Morgan fingerprint density at radius 3 is 2.64 bits per heavy atom. The first-order chi connectivity index (χ1) is 16.1. The molecule has 0 saturated carbocycles. The Hall–Kier alpha value is -3.36. The van der Waals surface area contributed by atoms with Gasteiger partial charge in [-0.1, -0.05) is 23.7 Å². The van der Waals surface area contributed by atoms with Crippen molar-refractivity contribution in [2.75, 3.05) is 43.4 Å². The SMILES string of the molecule is CN1CCN(c2ccc(CNC(=O)Nc3ccc(OCc4ccccn4)c(Cl)c3)cn2)CC1. The molecule has 0 atom stereocenters. The molecule has 172 valence electrons. The summed E-state index contributed by atoms with van der Waals surface area (Å²) in [5.74, 6) is 1.50. The van der Waals surface area contributed by atoms with Crippen molar-refractivity contribution in [1.82, 2.24) is 20.2 Å². The van der Waals surface area contributed by atoms with Gasteiger partial charge < -0.3 is 25.2 Å². The number of urea groups is 1. The molecule has 1 aliphatic rings. The third-order valence-corrected chi connectivity index (χ3v) is 5.68. The van der Waals surface area contributed by atoms with Crippen molar-refractivity contribution in [3.05, 3.63) is 77.2 Å². The second kappa shape index (κ2) is 11.0. The van der Waals surface area contributed by atoms with Gasteiger partial charge in [0.25, 0.3) is 0 Å². The lowest BCUT2D eigenvalue weighted by Gasteiger charge is -2.33. The van der Waals surface area contributed by atoms with E-state index in [0.29, 0.717) is 29.6 Å². The number of amides is 2. The number of nitrogens with one attached hydrogen (secondary N) is 2. The molecule has 2 amide bonds. The summed E-state index contributed by atoms with van der Waals surface area (Å²) in [6.45, 7) is 4.70. The normalized spacial score (nSPS) is 14.1. The molecule has 1 saturated heterocycles. The van der Waals surface area contributed by atoms with Gasteiger partial charge in [0.1, 0.15) is 18.2 Å². The molecule has 33 heavy (non-hydrogen) atoms. The zero-order valence-corrected chi connectivity index (χ0v) is 19.3. The molecule has 0 aliphatic carbocycles. The van der Waals surface area contributed by atoms with Crippen molar-refractivity contribution in [2.45, 2.75) is 13.2 Å². The van der Waals surface area contributed by atoms with Gasteiger partial charge >= 0.3 is 6.03 Å². The van der Waals surface area contributed by atoms with Gasteiger partial charge in [0.15, 0.2) is 0 Å². The van der Waals surface area contributed by atoms with Crippen molar-refractivity contribution in [3.63, 3.8) is 0 Å². The van der Waals surface area contributed by atoms with Gasteiger partial charge in [0.05, 0.1) is 10.7 Å². The van der Waals surface area contributed by atoms with Crippen molar-refractivity contribution in [1.29, 1.82) is 0 Å². The van der Waals surface area contributed by atoms with Crippen LogP contribution in [0.25, 0.3) is 0 Å². The zero-order valence-electron chi connectivity index (χ0n) is 18.5. The summed E-state index contributed by atoms with van der Waals surface area (Å²) in [5.41, 5.74) is 2.31. The predicted octanol–water partition coefficient (Wildman–Crippen LogP) is 3.78. The van der Waals surface area contributed by atoms with E-state index < -0.39 is 0 Å². The lowest BCUT2D eigenvalue weighted by atomic mass is 10.2. The van der Waals surface area contributed by atoms with Gasteiger partial charge in [-0.25, -0.2) is 9.78 Å². The number of carbonyl (C=O) groups is 1. The molecule has 3 heterocycles. The fourth-order valence-electron chi connectivity index (χ4n) is 3.43. The van der Waals surface area contributed by atoms with Gasteiger partial charge in [-0.05, 0) is 49.0 Å². The second-order valence-corrected chi connectivity index (χ2v) is 8.28. The summed E-state index contributed by atoms with van der Waals surface area (Å²) >= 11 is 6.31. The van der Waals surface area contributed by atoms with Crippen LogP contribution >= 0.6 is 11.6 Å². The summed E-state index contributed by atoms with van der Waals surface area (Å²) in [4.78, 5) is 25.6. The van der Waals surface area contributed by atoms with Crippen LogP contribution in [0.15, 0.2) is 60.9 Å². The van der Waals surface area contributed by atoms with E-state index in [-0.39, 0.29) is 6.03 Å². The van der Waals surface area contributed by atoms with Gasteiger partial charge in [0, 0.05) is 50.8 Å². The Kier molecular flexibility index (Phi) is 7.59. The number of carbonyl (C=O) groups excluding carboxylic acids is 1. The number of anilines is 2. The highest BCUT2D eigenvalue weighted by atomic mass is 35.5. The summed E-state index contributed by atoms with van der Waals surface area (Å²) in [5, 5.41) is 6.04. The number of aromatic nitrogens is 2. The number of halogens is 1. The maximum Gasteiger partial charge on any atom is 0.319 e. The van der Waals surface area contributed by atoms with Crippen molar-refractivity contribution in [2.24, 2.45) is 0 Å². The van der Waals surface area contributed by atoms with E-state index in [1.54, 1.807) is 30.6 Å². The van der Waals surface area contributed by atoms with Crippen molar-refractivity contribution < 1.29 is 9.53 Å². The Morgan fingerprint density at radius 2 is 1.94 bits per heavy atom. The van der Waals surface area contributed by atoms with Crippen LogP contribution in [0.4, 0.5) is 16.3 Å². The van der Waals surface area contributed by atoms with E-state index in [1.165, 1.54) is 0 Å². The molecule has 0 spiro atoms. The Bertz CT molecular complexity index is 1060. The minimum atomic E-state index is -0.323. The van der Waals surface area contributed by atoms with Gasteiger partial charge in [-0.15, -0.1) is 0 Å². The topological polar surface area (TPSA) is 82.6 Å². The number of hydrogen-bond acceptors (Lipinski definition) is 6.